The summed E-state index contributed by atoms with van der Waals surface area (Å²) in [6.45, 7) is 3.61. The summed E-state index contributed by atoms with van der Waals surface area (Å²) < 4.78 is 4.98. The van der Waals surface area contributed by atoms with Crippen molar-refractivity contribution in [3.8, 4) is 0 Å². The Hall–Kier alpha value is -2.63. The van der Waals surface area contributed by atoms with E-state index in [9.17, 15) is 14.4 Å². The fourth-order valence-electron chi connectivity index (χ4n) is 2.47. The average Bonchev–Trinajstić information content (AvgIpc) is 2.88. The van der Waals surface area contributed by atoms with Gasteiger partial charge in [-0.15, -0.1) is 6.58 Å². The molecular weight excluding hydrogens is 286 g/mol. The van der Waals surface area contributed by atoms with Gasteiger partial charge in [-0.2, -0.15) is 0 Å². The molecule has 6 heteroatoms. The maximum absolute atomic E-state index is 12.6. The van der Waals surface area contributed by atoms with Gasteiger partial charge in [-0.05, 0) is 12.0 Å². The van der Waals surface area contributed by atoms with Gasteiger partial charge in [0.25, 0.3) is 0 Å². The predicted molar refractivity (Wildman–Crippen MR) is 77.9 cm³/mol. The van der Waals surface area contributed by atoms with Crippen molar-refractivity contribution >= 4 is 18.0 Å². The summed E-state index contributed by atoms with van der Waals surface area (Å²) in [5.41, 5.74) is 0.773. The lowest BCUT2D eigenvalue weighted by Crippen LogP contribution is -2.39. The van der Waals surface area contributed by atoms with Crippen molar-refractivity contribution in [3.05, 3.63) is 48.6 Å². The number of carbonyl (C=O) groups is 3. The normalized spacial score (nSPS) is 18.6. The average molecular weight is 303 g/mol. The second-order valence-electron chi connectivity index (χ2n) is 5.03. The molecule has 2 amide bonds. The lowest BCUT2D eigenvalue weighted by molar-refractivity contribution is -0.143. The van der Waals surface area contributed by atoms with E-state index in [-0.39, 0.29) is 19.4 Å². The molecule has 1 saturated heterocycles. The van der Waals surface area contributed by atoms with Crippen LogP contribution in [0, 0.1) is 5.92 Å². The molecule has 0 spiro atoms. The van der Waals surface area contributed by atoms with Crippen molar-refractivity contribution in [3.63, 3.8) is 0 Å². The molecule has 6 nitrogen and oxygen atoms in total. The van der Waals surface area contributed by atoms with Crippen molar-refractivity contribution in [2.45, 2.75) is 18.9 Å². The van der Waals surface area contributed by atoms with Gasteiger partial charge in [0.2, 0.25) is 5.91 Å². The zero-order valence-corrected chi connectivity index (χ0v) is 12.0. The van der Waals surface area contributed by atoms with Crippen LogP contribution in [0.4, 0.5) is 4.79 Å². The molecule has 1 aliphatic heterocycles. The maximum atomic E-state index is 12.6. The third-order valence-electron chi connectivity index (χ3n) is 3.52. The van der Waals surface area contributed by atoms with Crippen LogP contribution in [0.25, 0.3) is 0 Å². The number of nitrogens with zero attached hydrogens (tertiary/aromatic N) is 1. The van der Waals surface area contributed by atoms with Crippen molar-refractivity contribution < 1.29 is 24.2 Å². The van der Waals surface area contributed by atoms with Gasteiger partial charge in [0, 0.05) is 0 Å². The lowest BCUT2D eigenvalue weighted by Gasteiger charge is -2.23. The van der Waals surface area contributed by atoms with E-state index >= 15 is 0 Å². The third-order valence-corrected chi connectivity index (χ3v) is 3.52. The van der Waals surface area contributed by atoms with E-state index in [0.717, 1.165) is 10.5 Å². The highest BCUT2D eigenvalue weighted by Gasteiger charge is 2.41. The molecule has 0 saturated carbocycles. The highest BCUT2D eigenvalue weighted by Crippen LogP contribution is 2.30. The number of hydrogen-bond acceptors (Lipinski definition) is 4. The standard InChI is InChI=1S/C16H17NO5/c1-2-6-12(9-14(18)19)15(20)17-13(10-22-16(17)21)11-7-4-3-5-8-11/h2-5,7-8,12-13H,1,6,9-10H2,(H,18,19)/t12-,13?/m1/s1. The van der Waals surface area contributed by atoms with Crippen LogP contribution in [0.3, 0.4) is 0 Å². The number of rotatable bonds is 6. The molecule has 22 heavy (non-hydrogen) atoms. The number of allylic oxidation sites excluding steroid dienone is 1. The van der Waals surface area contributed by atoms with Crippen molar-refractivity contribution in [1.82, 2.24) is 4.90 Å². The van der Waals surface area contributed by atoms with Crippen molar-refractivity contribution in [1.29, 1.82) is 0 Å². The molecule has 1 fully saturated rings. The van der Waals surface area contributed by atoms with E-state index in [1.54, 1.807) is 24.3 Å². The van der Waals surface area contributed by atoms with Gasteiger partial charge in [-0.25, -0.2) is 9.69 Å². The molecule has 0 aromatic heterocycles. The number of hydrogen-bond donors (Lipinski definition) is 1. The molecule has 2 rings (SSSR count). The number of carboxylic acids is 1. The van der Waals surface area contributed by atoms with E-state index in [0.29, 0.717) is 0 Å². The fourth-order valence-corrected chi connectivity index (χ4v) is 2.47. The summed E-state index contributed by atoms with van der Waals surface area (Å²) in [5.74, 6) is -2.46. The molecule has 1 aromatic rings. The highest BCUT2D eigenvalue weighted by atomic mass is 16.6. The summed E-state index contributed by atoms with van der Waals surface area (Å²) in [7, 11) is 0. The Bertz CT molecular complexity index is 583. The molecule has 0 bridgehead atoms. The first-order valence-electron chi connectivity index (χ1n) is 6.92. The summed E-state index contributed by atoms with van der Waals surface area (Å²) in [6, 6.07) is 8.51. The summed E-state index contributed by atoms with van der Waals surface area (Å²) >= 11 is 0. The van der Waals surface area contributed by atoms with E-state index in [4.69, 9.17) is 9.84 Å². The SMILES string of the molecule is C=CC[C@H](CC(=O)O)C(=O)N1C(=O)OCC1c1ccccc1. The van der Waals surface area contributed by atoms with Gasteiger partial charge in [0.1, 0.15) is 12.6 Å². The number of amides is 2. The summed E-state index contributed by atoms with van der Waals surface area (Å²) in [4.78, 5) is 36.4. The molecule has 0 radical (unpaired) electrons. The monoisotopic (exact) mass is 303 g/mol. The van der Waals surface area contributed by atoms with Crippen LogP contribution >= 0.6 is 0 Å². The first-order chi connectivity index (χ1) is 10.5. The molecule has 1 N–H and O–H groups in total. The number of benzene rings is 1. The van der Waals surface area contributed by atoms with Crippen molar-refractivity contribution in [2.24, 2.45) is 5.92 Å². The number of aliphatic carboxylic acids is 1. The van der Waals surface area contributed by atoms with Crippen LogP contribution in [-0.2, 0) is 14.3 Å². The quantitative estimate of drug-likeness (QED) is 0.816. The summed E-state index contributed by atoms with van der Waals surface area (Å²) in [5, 5.41) is 8.93. The Morgan fingerprint density at radius 1 is 1.41 bits per heavy atom. The molecule has 116 valence electrons. The van der Waals surface area contributed by atoms with Gasteiger partial charge >= 0.3 is 12.1 Å². The first-order valence-corrected chi connectivity index (χ1v) is 6.92. The van der Waals surface area contributed by atoms with Crippen LogP contribution in [0.1, 0.15) is 24.4 Å². The minimum absolute atomic E-state index is 0.0719. The van der Waals surface area contributed by atoms with E-state index in [1.165, 1.54) is 6.08 Å². The fraction of sp³-hybridized carbons (Fsp3) is 0.312. The molecule has 2 atom stereocenters. The molecule has 1 heterocycles. The Morgan fingerprint density at radius 3 is 2.68 bits per heavy atom. The number of carbonyl (C=O) groups excluding carboxylic acids is 2. The van der Waals surface area contributed by atoms with E-state index < -0.39 is 29.9 Å². The van der Waals surface area contributed by atoms with Crippen LogP contribution in [-0.4, -0.2) is 34.6 Å². The predicted octanol–water partition coefficient (Wildman–Crippen LogP) is 2.37. The number of imide groups is 1. The van der Waals surface area contributed by atoms with Crippen molar-refractivity contribution in [2.75, 3.05) is 6.61 Å². The Labute approximate surface area is 128 Å². The highest BCUT2D eigenvalue weighted by molar-refractivity contribution is 5.96. The molecule has 0 aliphatic carbocycles. The number of ether oxygens (including phenoxy) is 1. The third kappa shape index (κ3) is 3.33. The van der Waals surface area contributed by atoms with Crippen LogP contribution in [0.5, 0.6) is 0 Å². The van der Waals surface area contributed by atoms with E-state index in [2.05, 4.69) is 6.58 Å². The minimum atomic E-state index is -1.09. The molecule has 1 aliphatic rings. The molecule has 1 unspecified atom stereocenters. The molecule has 1 aromatic carbocycles. The summed E-state index contributed by atoms with van der Waals surface area (Å²) in [6.07, 6.45) is 0.579. The lowest BCUT2D eigenvalue weighted by atomic mass is 9.98. The number of cyclic esters (lactones) is 1. The minimum Gasteiger partial charge on any atom is -0.481 e. The van der Waals surface area contributed by atoms with E-state index in [1.807, 2.05) is 6.07 Å². The van der Waals surface area contributed by atoms with Gasteiger partial charge < -0.3 is 9.84 Å². The molecular formula is C16H17NO5. The van der Waals surface area contributed by atoms with Crippen LogP contribution in [0.15, 0.2) is 43.0 Å². The first kappa shape index (κ1) is 15.8. The Kier molecular flexibility index (Phi) is 4.93. The Morgan fingerprint density at radius 2 is 2.09 bits per heavy atom. The second-order valence-corrected chi connectivity index (χ2v) is 5.03. The second kappa shape index (κ2) is 6.89. The van der Waals surface area contributed by atoms with Gasteiger partial charge in [-0.3, -0.25) is 9.59 Å². The maximum Gasteiger partial charge on any atom is 0.417 e. The largest absolute Gasteiger partial charge is 0.481 e. The van der Waals surface area contributed by atoms with Crippen LogP contribution in [0.2, 0.25) is 0 Å². The van der Waals surface area contributed by atoms with Gasteiger partial charge in [0.15, 0.2) is 0 Å². The Balaban J connectivity index is 2.25. The smallest absolute Gasteiger partial charge is 0.417 e. The van der Waals surface area contributed by atoms with Crippen LogP contribution < -0.4 is 0 Å². The zero-order chi connectivity index (χ0) is 16.1. The zero-order valence-electron chi connectivity index (χ0n) is 12.0. The topological polar surface area (TPSA) is 83.9 Å². The number of carboxylic acid groups (broad SMARTS) is 1. The van der Waals surface area contributed by atoms with Gasteiger partial charge in [0.05, 0.1) is 12.3 Å². The van der Waals surface area contributed by atoms with Gasteiger partial charge in [-0.1, -0.05) is 36.4 Å².